The molecule has 1 heterocycles. The minimum atomic E-state index is -1.07. The highest BCUT2D eigenvalue weighted by Gasteiger charge is 2.31. The number of β-amino-alcohol motifs (C(OH)–C–C–N with tert-alkyl or cyclic N) is 2. The number of carbonyl (C=O) groups is 1. The van der Waals surface area contributed by atoms with Gasteiger partial charge in [-0.1, -0.05) is 0 Å². The van der Waals surface area contributed by atoms with Crippen molar-refractivity contribution in [2.24, 2.45) is 5.73 Å². The zero-order valence-corrected chi connectivity index (χ0v) is 7.13. The molecule has 1 aliphatic rings. The van der Waals surface area contributed by atoms with Crippen molar-refractivity contribution in [1.29, 1.82) is 0 Å². The summed E-state index contributed by atoms with van der Waals surface area (Å²) in [6, 6.07) is -0.961. The average molecular weight is 190 g/mol. The first-order chi connectivity index (χ1) is 6.00. The molecule has 0 aromatic carbocycles. The topological polar surface area (TPSA) is 107 Å². The van der Waals surface area contributed by atoms with Gasteiger partial charge in [0.15, 0.2) is 0 Å². The smallest absolute Gasteiger partial charge is 0.321 e. The van der Waals surface area contributed by atoms with Gasteiger partial charge in [-0.25, -0.2) is 0 Å². The number of carboxylic acids is 1. The number of hydrogen-bond donors (Lipinski definition) is 4. The molecule has 1 rings (SSSR count). The molecule has 6 heteroatoms. The van der Waals surface area contributed by atoms with Crippen LogP contribution in [0.15, 0.2) is 0 Å². The van der Waals surface area contributed by atoms with E-state index in [2.05, 4.69) is 0 Å². The summed E-state index contributed by atoms with van der Waals surface area (Å²) in [6.45, 7) is 0.716. The Balaban J connectivity index is 2.35. The van der Waals surface area contributed by atoms with Gasteiger partial charge < -0.3 is 21.1 Å². The number of hydrogen-bond acceptors (Lipinski definition) is 5. The Morgan fingerprint density at radius 3 is 2.31 bits per heavy atom. The highest BCUT2D eigenvalue weighted by Crippen LogP contribution is 2.09. The molecule has 0 amide bonds. The zero-order chi connectivity index (χ0) is 10.0. The van der Waals surface area contributed by atoms with E-state index in [0.717, 1.165) is 0 Å². The zero-order valence-electron chi connectivity index (χ0n) is 7.13. The normalized spacial score (nSPS) is 31.9. The van der Waals surface area contributed by atoms with Crippen LogP contribution in [0.2, 0.25) is 0 Å². The summed E-state index contributed by atoms with van der Waals surface area (Å²) in [5.41, 5.74) is 5.28. The SMILES string of the molecule is NC(CN1CC(O)C(O)C1)C(=O)O. The van der Waals surface area contributed by atoms with Crippen LogP contribution in [0.1, 0.15) is 0 Å². The van der Waals surface area contributed by atoms with Gasteiger partial charge in [0.2, 0.25) is 0 Å². The molecule has 3 unspecified atom stereocenters. The fraction of sp³-hybridized carbons (Fsp3) is 0.857. The Kier molecular flexibility index (Phi) is 3.21. The van der Waals surface area contributed by atoms with E-state index in [4.69, 9.17) is 21.1 Å². The van der Waals surface area contributed by atoms with Crippen molar-refractivity contribution in [2.75, 3.05) is 19.6 Å². The fourth-order valence-corrected chi connectivity index (χ4v) is 1.35. The molecule has 3 atom stereocenters. The van der Waals surface area contributed by atoms with Crippen LogP contribution in [0, 0.1) is 0 Å². The Labute approximate surface area is 75.6 Å². The van der Waals surface area contributed by atoms with Crippen LogP contribution in [-0.4, -0.2) is 64.1 Å². The van der Waals surface area contributed by atoms with Crippen LogP contribution in [-0.2, 0) is 4.79 Å². The van der Waals surface area contributed by atoms with E-state index < -0.39 is 24.2 Å². The Morgan fingerprint density at radius 1 is 1.46 bits per heavy atom. The molecule has 0 aromatic rings. The second kappa shape index (κ2) is 4.01. The van der Waals surface area contributed by atoms with Crippen LogP contribution >= 0.6 is 0 Å². The summed E-state index contributed by atoms with van der Waals surface area (Å²) in [7, 11) is 0. The lowest BCUT2D eigenvalue weighted by Gasteiger charge is -2.16. The lowest BCUT2D eigenvalue weighted by Crippen LogP contribution is -2.42. The number of rotatable bonds is 3. The second-order valence-electron chi connectivity index (χ2n) is 3.30. The third kappa shape index (κ3) is 2.63. The van der Waals surface area contributed by atoms with E-state index in [-0.39, 0.29) is 19.6 Å². The Bertz CT molecular complexity index is 189. The van der Waals surface area contributed by atoms with Crippen molar-refractivity contribution in [3.05, 3.63) is 0 Å². The largest absolute Gasteiger partial charge is 0.480 e. The van der Waals surface area contributed by atoms with Gasteiger partial charge in [-0.3, -0.25) is 9.69 Å². The van der Waals surface area contributed by atoms with Crippen molar-refractivity contribution in [3.63, 3.8) is 0 Å². The summed E-state index contributed by atoms with van der Waals surface area (Å²) in [4.78, 5) is 12.0. The van der Waals surface area contributed by atoms with E-state index in [1.54, 1.807) is 4.90 Å². The van der Waals surface area contributed by atoms with Gasteiger partial charge in [0.1, 0.15) is 6.04 Å². The van der Waals surface area contributed by atoms with E-state index in [1.165, 1.54) is 0 Å². The van der Waals surface area contributed by atoms with Crippen molar-refractivity contribution in [1.82, 2.24) is 4.90 Å². The quantitative estimate of drug-likeness (QED) is 0.390. The number of carboxylic acid groups (broad SMARTS) is 1. The van der Waals surface area contributed by atoms with Crippen LogP contribution in [0.25, 0.3) is 0 Å². The van der Waals surface area contributed by atoms with Gasteiger partial charge >= 0.3 is 5.97 Å². The molecule has 1 fully saturated rings. The standard InChI is InChI=1S/C7H14N2O4/c8-4(7(12)13)1-9-2-5(10)6(11)3-9/h4-6,10-11H,1-3,8H2,(H,12,13). The first-order valence-electron chi connectivity index (χ1n) is 4.07. The van der Waals surface area contributed by atoms with Crippen molar-refractivity contribution >= 4 is 5.97 Å². The highest BCUT2D eigenvalue weighted by atomic mass is 16.4. The monoisotopic (exact) mass is 190 g/mol. The summed E-state index contributed by atoms with van der Waals surface area (Å²) < 4.78 is 0. The van der Waals surface area contributed by atoms with E-state index in [1.807, 2.05) is 0 Å². The highest BCUT2D eigenvalue weighted by molar-refractivity contribution is 5.73. The summed E-state index contributed by atoms with van der Waals surface area (Å²) in [6.07, 6.45) is -1.58. The molecule has 0 bridgehead atoms. The molecule has 0 saturated carbocycles. The molecule has 0 aliphatic carbocycles. The van der Waals surface area contributed by atoms with Crippen LogP contribution in [0.5, 0.6) is 0 Å². The molecule has 1 saturated heterocycles. The van der Waals surface area contributed by atoms with E-state index in [9.17, 15) is 4.79 Å². The average Bonchev–Trinajstić information content (AvgIpc) is 2.31. The number of nitrogens with two attached hydrogens (primary N) is 1. The molecule has 6 nitrogen and oxygen atoms in total. The molecular formula is C7H14N2O4. The molecule has 0 radical (unpaired) electrons. The minimum absolute atomic E-state index is 0.156. The fourth-order valence-electron chi connectivity index (χ4n) is 1.35. The first-order valence-corrected chi connectivity index (χ1v) is 4.07. The number of nitrogens with zero attached hydrogens (tertiary/aromatic N) is 1. The summed E-state index contributed by atoms with van der Waals surface area (Å²) in [5, 5.41) is 26.8. The summed E-state index contributed by atoms with van der Waals surface area (Å²) >= 11 is 0. The maximum atomic E-state index is 10.4. The molecule has 5 N–H and O–H groups in total. The predicted octanol–water partition coefficient (Wildman–Crippen LogP) is -2.56. The number of aliphatic hydroxyl groups excluding tert-OH is 2. The van der Waals surface area contributed by atoms with Crippen molar-refractivity contribution in [2.45, 2.75) is 18.2 Å². The van der Waals surface area contributed by atoms with Gasteiger partial charge in [-0.15, -0.1) is 0 Å². The lowest BCUT2D eigenvalue weighted by molar-refractivity contribution is -0.138. The molecule has 1 aliphatic heterocycles. The van der Waals surface area contributed by atoms with Crippen LogP contribution in [0.4, 0.5) is 0 Å². The third-order valence-corrected chi connectivity index (χ3v) is 2.11. The number of aliphatic carboxylic acids is 1. The molecule has 0 spiro atoms. The van der Waals surface area contributed by atoms with Crippen molar-refractivity contribution < 1.29 is 20.1 Å². The minimum Gasteiger partial charge on any atom is -0.480 e. The second-order valence-corrected chi connectivity index (χ2v) is 3.30. The number of likely N-dealkylation sites (tertiary alicyclic amines) is 1. The summed E-state index contributed by atoms with van der Waals surface area (Å²) in [5.74, 6) is -1.07. The van der Waals surface area contributed by atoms with E-state index >= 15 is 0 Å². The van der Waals surface area contributed by atoms with E-state index in [0.29, 0.717) is 0 Å². The first kappa shape index (κ1) is 10.4. The Morgan fingerprint density at radius 2 is 1.92 bits per heavy atom. The molecule has 13 heavy (non-hydrogen) atoms. The van der Waals surface area contributed by atoms with Gasteiger partial charge in [0.05, 0.1) is 12.2 Å². The van der Waals surface area contributed by atoms with Gasteiger partial charge in [-0.2, -0.15) is 0 Å². The van der Waals surface area contributed by atoms with Crippen LogP contribution < -0.4 is 5.73 Å². The lowest BCUT2D eigenvalue weighted by atomic mass is 10.3. The number of aliphatic hydroxyl groups is 2. The van der Waals surface area contributed by atoms with Gasteiger partial charge in [-0.05, 0) is 0 Å². The maximum Gasteiger partial charge on any atom is 0.321 e. The van der Waals surface area contributed by atoms with Gasteiger partial charge in [0.25, 0.3) is 0 Å². The van der Waals surface area contributed by atoms with Crippen molar-refractivity contribution in [3.8, 4) is 0 Å². The molecular weight excluding hydrogens is 176 g/mol. The molecule has 76 valence electrons. The predicted molar refractivity (Wildman–Crippen MR) is 44.1 cm³/mol. The van der Waals surface area contributed by atoms with Gasteiger partial charge in [0, 0.05) is 19.6 Å². The van der Waals surface area contributed by atoms with Crippen LogP contribution in [0.3, 0.4) is 0 Å². The maximum absolute atomic E-state index is 10.4. The third-order valence-electron chi connectivity index (χ3n) is 2.11. The molecule has 0 aromatic heterocycles. The Hall–Kier alpha value is -0.690.